The smallest absolute Gasteiger partial charge is 0.336 e. The summed E-state index contributed by atoms with van der Waals surface area (Å²) in [6, 6.07) is 5.93. The highest BCUT2D eigenvalue weighted by molar-refractivity contribution is 6.04. The summed E-state index contributed by atoms with van der Waals surface area (Å²) in [5.41, 5.74) is 2.60. The minimum absolute atomic E-state index is 0.319. The van der Waals surface area contributed by atoms with E-state index >= 15 is 0 Å². The van der Waals surface area contributed by atoms with E-state index in [2.05, 4.69) is 29.5 Å². The van der Waals surface area contributed by atoms with Crippen LogP contribution in [0.2, 0.25) is 0 Å². The lowest BCUT2D eigenvalue weighted by atomic mass is 10.1. The van der Waals surface area contributed by atoms with Crippen LogP contribution in [0.5, 0.6) is 0 Å². The van der Waals surface area contributed by atoms with Crippen LogP contribution in [0.4, 0.5) is 0 Å². The number of nitrogens with zero attached hydrogens (tertiary/aromatic N) is 2. The van der Waals surface area contributed by atoms with Gasteiger partial charge in [0.05, 0.1) is 5.56 Å². The van der Waals surface area contributed by atoms with E-state index in [0.717, 1.165) is 36.1 Å². The first-order valence-electron chi connectivity index (χ1n) is 8.66. The number of fused-ring (bicyclic) bond motifs is 1. The zero-order valence-corrected chi connectivity index (χ0v) is 14.1. The van der Waals surface area contributed by atoms with Gasteiger partial charge < -0.3 is 9.67 Å². The van der Waals surface area contributed by atoms with E-state index in [1.807, 2.05) is 12.1 Å². The van der Waals surface area contributed by atoms with Crippen LogP contribution < -0.4 is 0 Å². The number of carboxylic acids is 1. The van der Waals surface area contributed by atoms with Gasteiger partial charge in [0.25, 0.3) is 0 Å². The zero-order valence-electron chi connectivity index (χ0n) is 14.1. The Bertz CT molecular complexity index is 695. The fourth-order valence-corrected chi connectivity index (χ4v) is 3.66. The maximum absolute atomic E-state index is 11.7. The van der Waals surface area contributed by atoms with Gasteiger partial charge in [-0.1, -0.05) is 18.9 Å². The lowest BCUT2D eigenvalue weighted by Crippen LogP contribution is -2.24. The molecule has 0 spiro atoms. The Morgan fingerprint density at radius 2 is 1.87 bits per heavy atom. The molecule has 1 N–H and O–H groups in total. The van der Waals surface area contributed by atoms with Crippen LogP contribution in [-0.4, -0.2) is 33.6 Å². The molecule has 1 aromatic heterocycles. The summed E-state index contributed by atoms with van der Waals surface area (Å²) in [4.78, 5) is 14.1. The van der Waals surface area contributed by atoms with Crippen molar-refractivity contribution in [3.8, 4) is 0 Å². The molecule has 1 aliphatic heterocycles. The van der Waals surface area contributed by atoms with Crippen molar-refractivity contribution in [1.82, 2.24) is 9.47 Å². The predicted molar refractivity (Wildman–Crippen MR) is 93.0 cm³/mol. The Morgan fingerprint density at radius 1 is 1.17 bits per heavy atom. The number of aromatic nitrogens is 1. The van der Waals surface area contributed by atoms with Crippen LogP contribution in [0.1, 0.15) is 61.5 Å². The van der Waals surface area contributed by atoms with Crippen molar-refractivity contribution in [3.63, 3.8) is 0 Å². The third-order valence-corrected chi connectivity index (χ3v) is 4.82. The van der Waals surface area contributed by atoms with Crippen LogP contribution in [0, 0.1) is 0 Å². The second-order valence-electron chi connectivity index (χ2n) is 6.85. The summed E-state index contributed by atoms with van der Waals surface area (Å²) in [5, 5.41) is 10.5. The van der Waals surface area contributed by atoms with Crippen molar-refractivity contribution >= 4 is 16.9 Å². The highest BCUT2D eigenvalue weighted by Gasteiger charge is 2.19. The molecule has 0 saturated carbocycles. The van der Waals surface area contributed by atoms with Gasteiger partial charge in [-0.2, -0.15) is 0 Å². The Morgan fingerprint density at radius 3 is 2.48 bits per heavy atom. The second-order valence-corrected chi connectivity index (χ2v) is 6.85. The molecular weight excluding hydrogens is 288 g/mol. The standard InChI is InChI=1S/C19H26N2O2/c1-14(2)21-13-15(12-20-10-5-3-4-6-11-20)18-16(19(22)23)8-7-9-17(18)21/h7-9,13-14H,3-6,10-12H2,1-2H3,(H,22,23). The number of aromatic carboxylic acids is 1. The SMILES string of the molecule is CC(C)n1cc(CN2CCCCCC2)c2c(C(=O)O)cccc21. The molecule has 0 aliphatic carbocycles. The Balaban J connectivity index is 2.05. The molecule has 1 aliphatic rings. The van der Waals surface area contributed by atoms with Crippen molar-refractivity contribution < 1.29 is 9.90 Å². The summed E-state index contributed by atoms with van der Waals surface area (Å²) in [6.07, 6.45) is 7.27. The van der Waals surface area contributed by atoms with Gasteiger partial charge in [-0.05, 0) is 57.5 Å². The lowest BCUT2D eigenvalue weighted by Gasteiger charge is -2.19. The molecular formula is C19H26N2O2. The third-order valence-electron chi connectivity index (χ3n) is 4.82. The fourth-order valence-electron chi connectivity index (χ4n) is 3.66. The van der Waals surface area contributed by atoms with Gasteiger partial charge in [0.2, 0.25) is 0 Å². The summed E-state index contributed by atoms with van der Waals surface area (Å²) < 4.78 is 2.20. The molecule has 0 amide bonds. The van der Waals surface area contributed by atoms with Crippen molar-refractivity contribution in [2.24, 2.45) is 0 Å². The molecule has 1 saturated heterocycles. The minimum atomic E-state index is -0.839. The highest BCUT2D eigenvalue weighted by Crippen LogP contribution is 2.29. The van der Waals surface area contributed by atoms with Gasteiger partial charge in [0.1, 0.15) is 0 Å². The number of likely N-dealkylation sites (tertiary alicyclic amines) is 1. The van der Waals surface area contributed by atoms with Gasteiger partial charge in [-0.15, -0.1) is 0 Å². The molecule has 23 heavy (non-hydrogen) atoms. The average molecular weight is 314 g/mol. The van der Waals surface area contributed by atoms with Gasteiger partial charge in [0.15, 0.2) is 0 Å². The number of rotatable bonds is 4. The summed E-state index contributed by atoms with van der Waals surface area (Å²) >= 11 is 0. The monoisotopic (exact) mass is 314 g/mol. The van der Waals surface area contributed by atoms with E-state index in [9.17, 15) is 9.90 Å². The highest BCUT2D eigenvalue weighted by atomic mass is 16.4. The quantitative estimate of drug-likeness (QED) is 0.915. The van der Waals surface area contributed by atoms with E-state index in [-0.39, 0.29) is 0 Å². The van der Waals surface area contributed by atoms with Crippen LogP contribution >= 0.6 is 0 Å². The largest absolute Gasteiger partial charge is 0.478 e. The Hall–Kier alpha value is -1.81. The second kappa shape index (κ2) is 6.75. The van der Waals surface area contributed by atoms with E-state index < -0.39 is 5.97 Å². The fraction of sp³-hybridized carbons (Fsp3) is 0.526. The number of hydrogen-bond acceptors (Lipinski definition) is 2. The zero-order chi connectivity index (χ0) is 16.4. The normalized spacial score (nSPS) is 16.8. The summed E-state index contributed by atoms with van der Waals surface area (Å²) in [6.45, 7) is 7.36. The molecule has 3 rings (SSSR count). The van der Waals surface area contributed by atoms with E-state index in [4.69, 9.17) is 0 Å². The first kappa shape index (κ1) is 16.1. The molecule has 0 radical (unpaired) electrons. The molecule has 0 unspecified atom stereocenters. The molecule has 4 nitrogen and oxygen atoms in total. The Labute approximate surface area is 137 Å². The lowest BCUT2D eigenvalue weighted by molar-refractivity contribution is 0.0699. The average Bonchev–Trinajstić information content (AvgIpc) is 2.70. The maximum Gasteiger partial charge on any atom is 0.336 e. The van der Waals surface area contributed by atoms with Crippen LogP contribution in [-0.2, 0) is 6.54 Å². The first-order valence-corrected chi connectivity index (χ1v) is 8.66. The number of carbonyl (C=O) groups is 1. The van der Waals surface area contributed by atoms with E-state index in [0.29, 0.717) is 11.6 Å². The molecule has 2 aromatic rings. The molecule has 124 valence electrons. The molecule has 1 fully saturated rings. The molecule has 1 aromatic carbocycles. The maximum atomic E-state index is 11.7. The molecule has 2 heterocycles. The molecule has 4 heteroatoms. The number of benzene rings is 1. The number of hydrogen-bond donors (Lipinski definition) is 1. The van der Waals surface area contributed by atoms with Crippen molar-refractivity contribution in [3.05, 3.63) is 35.5 Å². The molecule has 0 atom stereocenters. The van der Waals surface area contributed by atoms with Crippen LogP contribution in [0.15, 0.2) is 24.4 Å². The van der Waals surface area contributed by atoms with Crippen molar-refractivity contribution in [2.75, 3.05) is 13.1 Å². The van der Waals surface area contributed by atoms with Crippen LogP contribution in [0.3, 0.4) is 0 Å². The van der Waals surface area contributed by atoms with Gasteiger partial charge in [-0.25, -0.2) is 4.79 Å². The third kappa shape index (κ3) is 3.27. The topological polar surface area (TPSA) is 45.5 Å². The molecule has 0 bridgehead atoms. The summed E-state index contributed by atoms with van der Waals surface area (Å²) in [5.74, 6) is -0.839. The Kier molecular flexibility index (Phi) is 4.71. The summed E-state index contributed by atoms with van der Waals surface area (Å²) in [7, 11) is 0. The minimum Gasteiger partial charge on any atom is -0.478 e. The van der Waals surface area contributed by atoms with Gasteiger partial charge >= 0.3 is 5.97 Å². The number of carboxylic acid groups (broad SMARTS) is 1. The van der Waals surface area contributed by atoms with Gasteiger partial charge in [-0.3, -0.25) is 4.90 Å². The van der Waals surface area contributed by atoms with Gasteiger partial charge in [0, 0.05) is 29.7 Å². The predicted octanol–water partition coefficient (Wildman–Crippen LogP) is 4.30. The van der Waals surface area contributed by atoms with E-state index in [1.54, 1.807) is 6.07 Å². The van der Waals surface area contributed by atoms with E-state index in [1.165, 1.54) is 25.7 Å². The van der Waals surface area contributed by atoms with Crippen LogP contribution in [0.25, 0.3) is 10.9 Å². The van der Waals surface area contributed by atoms with Crippen molar-refractivity contribution in [1.29, 1.82) is 0 Å². The van der Waals surface area contributed by atoms with Crippen molar-refractivity contribution in [2.45, 2.75) is 52.1 Å². The first-order chi connectivity index (χ1) is 11.1.